The molecule has 0 saturated carbocycles. The summed E-state index contributed by atoms with van der Waals surface area (Å²) in [4.78, 5) is 20.7. The minimum atomic E-state index is -3.46. The minimum Gasteiger partial charge on any atom is -0.481 e. The van der Waals surface area contributed by atoms with Gasteiger partial charge in [-0.2, -0.15) is 4.39 Å². The summed E-state index contributed by atoms with van der Waals surface area (Å²) in [6, 6.07) is 0. The molecule has 0 radical (unpaired) electrons. The first kappa shape index (κ1) is 12.5. The highest BCUT2D eigenvalue weighted by atomic mass is 19.3. The molecule has 1 N–H and O–H groups in total. The maximum Gasteiger partial charge on any atom is 0.336 e. The molecule has 0 saturated heterocycles. The SMILES string of the molecule is C=C(CC(=O)O)C(=O)OC(F)C(F)F. The van der Waals surface area contributed by atoms with Gasteiger partial charge in [0, 0.05) is 5.57 Å². The van der Waals surface area contributed by atoms with Crippen LogP contribution in [-0.4, -0.2) is 29.8 Å². The third kappa shape index (κ3) is 4.48. The normalized spacial score (nSPS) is 12.3. The van der Waals surface area contributed by atoms with Crippen LogP contribution >= 0.6 is 0 Å². The van der Waals surface area contributed by atoms with Crippen LogP contribution in [0.25, 0.3) is 0 Å². The maximum absolute atomic E-state index is 12.1. The number of hydrogen-bond donors (Lipinski definition) is 1. The number of carboxylic acid groups (broad SMARTS) is 1. The summed E-state index contributed by atoms with van der Waals surface area (Å²) in [5, 5.41) is 8.17. The summed E-state index contributed by atoms with van der Waals surface area (Å²) in [6.07, 6.45) is -7.31. The Morgan fingerprint density at radius 1 is 1.36 bits per heavy atom. The van der Waals surface area contributed by atoms with E-state index >= 15 is 0 Å². The third-order valence-electron chi connectivity index (χ3n) is 1.07. The summed E-state index contributed by atoms with van der Waals surface area (Å²) in [5.41, 5.74) is -0.596. The van der Waals surface area contributed by atoms with Gasteiger partial charge < -0.3 is 9.84 Å². The molecule has 0 spiro atoms. The molecule has 1 atom stereocenters. The van der Waals surface area contributed by atoms with Crippen LogP contribution in [0.2, 0.25) is 0 Å². The number of rotatable bonds is 5. The number of carboxylic acids is 1. The first-order chi connectivity index (χ1) is 6.34. The van der Waals surface area contributed by atoms with Crippen LogP contribution in [0.5, 0.6) is 0 Å². The Morgan fingerprint density at radius 2 is 1.86 bits per heavy atom. The molecule has 0 aromatic carbocycles. The lowest BCUT2D eigenvalue weighted by molar-refractivity contribution is -0.170. The zero-order valence-electron chi connectivity index (χ0n) is 6.87. The number of carbonyl (C=O) groups excluding carboxylic acids is 1. The number of ether oxygens (including phenoxy) is 1. The van der Waals surface area contributed by atoms with Crippen LogP contribution in [0.4, 0.5) is 13.2 Å². The zero-order valence-corrected chi connectivity index (χ0v) is 6.87. The van der Waals surface area contributed by atoms with Crippen molar-refractivity contribution in [3.8, 4) is 0 Å². The first-order valence-corrected chi connectivity index (χ1v) is 3.37. The topological polar surface area (TPSA) is 63.6 Å². The summed E-state index contributed by atoms with van der Waals surface area (Å²) in [6.45, 7) is 2.94. The quantitative estimate of drug-likeness (QED) is 0.547. The molecule has 0 aromatic rings. The van der Waals surface area contributed by atoms with E-state index in [4.69, 9.17) is 5.11 Å². The predicted molar refractivity (Wildman–Crippen MR) is 38.4 cm³/mol. The van der Waals surface area contributed by atoms with E-state index in [0.29, 0.717) is 0 Å². The number of alkyl halides is 3. The summed E-state index contributed by atoms with van der Waals surface area (Å²) in [7, 11) is 0. The molecular weight excluding hydrogens is 205 g/mol. The fourth-order valence-corrected chi connectivity index (χ4v) is 0.492. The highest BCUT2D eigenvalue weighted by molar-refractivity contribution is 5.92. The number of esters is 1. The molecule has 14 heavy (non-hydrogen) atoms. The fraction of sp³-hybridized carbons (Fsp3) is 0.429. The second-order valence-electron chi connectivity index (χ2n) is 2.26. The van der Waals surface area contributed by atoms with Crippen molar-refractivity contribution in [1.82, 2.24) is 0 Å². The molecule has 0 aromatic heterocycles. The Labute approximate surface area is 77.0 Å². The molecule has 0 heterocycles. The van der Waals surface area contributed by atoms with Crippen LogP contribution < -0.4 is 0 Å². The Bertz CT molecular complexity index is 251. The number of hydrogen-bond acceptors (Lipinski definition) is 3. The second-order valence-corrected chi connectivity index (χ2v) is 2.26. The molecule has 0 amide bonds. The summed E-state index contributed by atoms with van der Waals surface area (Å²) >= 11 is 0. The summed E-state index contributed by atoms with van der Waals surface area (Å²) < 4.78 is 38.7. The van der Waals surface area contributed by atoms with Crippen molar-refractivity contribution in [2.75, 3.05) is 0 Å². The van der Waals surface area contributed by atoms with Crippen LogP contribution in [0.1, 0.15) is 6.42 Å². The smallest absolute Gasteiger partial charge is 0.336 e. The van der Waals surface area contributed by atoms with Crippen LogP contribution in [0.3, 0.4) is 0 Å². The number of carbonyl (C=O) groups is 2. The Hall–Kier alpha value is -1.53. The van der Waals surface area contributed by atoms with Crippen molar-refractivity contribution >= 4 is 11.9 Å². The van der Waals surface area contributed by atoms with Gasteiger partial charge in [0.15, 0.2) is 0 Å². The lowest BCUT2D eigenvalue weighted by atomic mass is 10.2. The standard InChI is InChI=1S/C7H7F3O4/c1-3(2-4(11)12)7(13)14-6(10)5(8)9/h5-6H,1-2H2,(H,11,12). The molecule has 0 aliphatic heterocycles. The van der Waals surface area contributed by atoms with Crippen molar-refractivity contribution < 1.29 is 32.6 Å². The first-order valence-electron chi connectivity index (χ1n) is 3.37. The van der Waals surface area contributed by atoms with Crippen molar-refractivity contribution in [1.29, 1.82) is 0 Å². The van der Waals surface area contributed by atoms with Gasteiger partial charge in [-0.05, 0) is 0 Å². The van der Waals surface area contributed by atoms with E-state index in [2.05, 4.69) is 11.3 Å². The number of aliphatic carboxylic acids is 1. The van der Waals surface area contributed by atoms with E-state index in [1.54, 1.807) is 0 Å². The second kappa shape index (κ2) is 5.25. The van der Waals surface area contributed by atoms with Gasteiger partial charge in [0.05, 0.1) is 6.42 Å². The van der Waals surface area contributed by atoms with E-state index in [-0.39, 0.29) is 0 Å². The fourth-order valence-electron chi connectivity index (χ4n) is 0.492. The van der Waals surface area contributed by atoms with E-state index in [0.717, 1.165) is 0 Å². The molecule has 0 aliphatic carbocycles. The lowest BCUT2D eigenvalue weighted by Crippen LogP contribution is -2.22. The van der Waals surface area contributed by atoms with Gasteiger partial charge in [0.25, 0.3) is 0 Å². The number of halogens is 3. The van der Waals surface area contributed by atoms with Gasteiger partial charge in [-0.15, -0.1) is 0 Å². The molecule has 4 nitrogen and oxygen atoms in total. The third-order valence-corrected chi connectivity index (χ3v) is 1.07. The van der Waals surface area contributed by atoms with Gasteiger partial charge in [-0.25, -0.2) is 13.6 Å². The van der Waals surface area contributed by atoms with E-state index in [1.165, 1.54) is 0 Å². The predicted octanol–water partition coefficient (Wildman–Crippen LogP) is 1.12. The molecule has 80 valence electrons. The average Bonchev–Trinajstić information content (AvgIpc) is 2.02. The van der Waals surface area contributed by atoms with Crippen molar-refractivity contribution in [3.63, 3.8) is 0 Å². The van der Waals surface area contributed by atoms with Gasteiger partial charge in [-0.1, -0.05) is 6.58 Å². The Balaban J connectivity index is 4.08. The average molecular weight is 212 g/mol. The van der Waals surface area contributed by atoms with E-state index in [1.807, 2.05) is 0 Å². The minimum absolute atomic E-state index is 0.596. The van der Waals surface area contributed by atoms with Crippen molar-refractivity contribution in [2.45, 2.75) is 19.2 Å². The van der Waals surface area contributed by atoms with Gasteiger partial charge >= 0.3 is 24.7 Å². The molecule has 0 fully saturated rings. The van der Waals surface area contributed by atoms with Crippen molar-refractivity contribution in [3.05, 3.63) is 12.2 Å². The van der Waals surface area contributed by atoms with Gasteiger partial charge in [0.2, 0.25) is 0 Å². The highest BCUT2D eigenvalue weighted by Gasteiger charge is 2.25. The van der Waals surface area contributed by atoms with Crippen LogP contribution in [0.15, 0.2) is 12.2 Å². The van der Waals surface area contributed by atoms with E-state index < -0.39 is 36.7 Å². The molecule has 7 heteroatoms. The van der Waals surface area contributed by atoms with Gasteiger partial charge in [0.1, 0.15) is 0 Å². The van der Waals surface area contributed by atoms with Gasteiger partial charge in [-0.3, -0.25) is 4.79 Å². The van der Waals surface area contributed by atoms with Crippen LogP contribution in [0, 0.1) is 0 Å². The van der Waals surface area contributed by atoms with Crippen LogP contribution in [-0.2, 0) is 14.3 Å². The monoisotopic (exact) mass is 212 g/mol. The molecule has 1 unspecified atom stereocenters. The highest BCUT2D eigenvalue weighted by Crippen LogP contribution is 2.10. The molecular formula is C7H7F3O4. The molecule has 0 bridgehead atoms. The molecule has 0 aliphatic rings. The molecule has 0 rings (SSSR count). The lowest BCUT2D eigenvalue weighted by Gasteiger charge is -2.08. The summed E-state index contributed by atoms with van der Waals surface area (Å²) in [5.74, 6) is -2.88. The van der Waals surface area contributed by atoms with E-state index in [9.17, 15) is 22.8 Å². The Kier molecular flexibility index (Phi) is 4.68. The largest absolute Gasteiger partial charge is 0.481 e. The Morgan fingerprint density at radius 3 is 2.21 bits per heavy atom. The maximum atomic E-state index is 12.1. The zero-order chi connectivity index (χ0) is 11.3. The van der Waals surface area contributed by atoms with Crippen molar-refractivity contribution in [2.24, 2.45) is 0 Å².